The summed E-state index contributed by atoms with van der Waals surface area (Å²) in [6.07, 6.45) is 0.657. The molecule has 0 bridgehead atoms. The molecular weight excluding hydrogens is 204 g/mol. The van der Waals surface area contributed by atoms with E-state index < -0.39 is 11.5 Å². The first-order valence-electron chi connectivity index (χ1n) is 6.14. The van der Waals surface area contributed by atoms with Crippen LogP contribution in [0.3, 0.4) is 0 Å². The van der Waals surface area contributed by atoms with Gasteiger partial charge in [0.1, 0.15) is 5.54 Å². The monoisotopic (exact) mass is 228 g/mol. The lowest BCUT2D eigenvalue weighted by Crippen LogP contribution is -2.59. The Morgan fingerprint density at radius 3 is 2.12 bits per heavy atom. The van der Waals surface area contributed by atoms with E-state index in [1.54, 1.807) is 0 Å². The second-order valence-electron chi connectivity index (χ2n) is 5.05. The molecule has 0 aromatic carbocycles. The summed E-state index contributed by atoms with van der Waals surface area (Å²) in [5.41, 5.74) is -0.691. The Morgan fingerprint density at radius 1 is 1.31 bits per heavy atom. The molecule has 1 unspecified atom stereocenters. The molecule has 1 heterocycles. The first-order chi connectivity index (χ1) is 7.41. The number of aliphatic carboxylic acids is 1. The molecule has 1 N–H and O–H groups in total. The number of hydrogen-bond donors (Lipinski definition) is 1. The van der Waals surface area contributed by atoms with Crippen LogP contribution in [0, 0.1) is 0 Å². The summed E-state index contributed by atoms with van der Waals surface area (Å²) in [5, 5.41) is 9.30. The summed E-state index contributed by atoms with van der Waals surface area (Å²) < 4.78 is 0. The van der Waals surface area contributed by atoms with Crippen molar-refractivity contribution in [3.63, 3.8) is 0 Å². The van der Waals surface area contributed by atoms with Crippen LogP contribution in [-0.2, 0) is 4.79 Å². The third-order valence-electron chi connectivity index (χ3n) is 3.89. The summed E-state index contributed by atoms with van der Waals surface area (Å²) >= 11 is 0. The fourth-order valence-electron chi connectivity index (χ4n) is 2.24. The molecule has 0 aliphatic carbocycles. The Morgan fingerprint density at radius 2 is 1.81 bits per heavy atom. The van der Waals surface area contributed by atoms with Gasteiger partial charge in [-0.3, -0.25) is 14.6 Å². The summed E-state index contributed by atoms with van der Waals surface area (Å²) in [7, 11) is 0. The molecule has 0 radical (unpaired) electrons. The molecule has 0 amide bonds. The molecule has 1 rings (SSSR count). The number of hydrogen-bond acceptors (Lipinski definition) is 3. The van der Waals surface area contributed by atoms with Crippen molar-refractivity contribution < 1.29 is 9.90 Å². The van der Waals surface area contributed by atoms with E-state index in [0.29, 0.717) is 12.5 Å². The van der Waals surface area contributed by atoms with E-state index in [0.717, 1.165) is 26.2 Å². The zero-order valence-corrected chi connectivity index (χ0v) is 10.9. The van der Waals surface area contributed by atoms with Crippen LogP contribution < -0.4 is 0 Å². The summed E-state index contributed by atoms with van der Waals surface area (Å²) in [5.74, 6) is -0.701. The van der Waals surface area contributed by atoms with Crippen molar-refractivity contribution in [2.45, 2.75) is 45.7 Å². The van der Waals surface area contributed by atoms with Gasteiger partial charge in [0.15, 0.2) is 0 Å². The fourth-order valence-corrected chi connectivity index (χ4v) is 2.24. The van der Waals surface area contributed by atoms with E-state index in [9.17, 15) is 9.90 Å². The molecule has 1 aliphatic heterocycles. The van der Waals surface area contributed by atoms with Crippen LogP contribution in [0.2, 0.25) is 0 Å². The zero-order chi connectivity index (χ0) is 12.3. The Kier molecular flexibility index (Phi) is 4.33. The van der Waals surface area contributed by atoms with E-state index in [1.807, 2.05) is 13.8 Å². The summed E-state index contributed by atoms with van der Waals surface area (Å²) in [4.78, 5) is 15.8. The number of carboxylic acids is 1. The SMILES string of the molecule is CCC(C)(C(=O)O)N1CCN(C(C)C)CC1. The lowest BCUT2D eigenvalue weighted by Gasteiger charge is -2.44. The van der Waals surface area contributed by atoms with E-state index in [4.69, 9.17) is 0 Å². The van der Waals surface area contributed by atoms with Crippen molar-refractivity contribution in [1.82, 2.24) is 9.80 Å². The van der Waals surface area contributed by atoms with Crippen LogP contribution in [0.1, 0.15) is 34.1 Å². The average Bonchev–Trinajstić information content (AvgIpc) is 2.27. The van der Waals surface area contributed by atoms with Gasteiger partial charge in [-0.25, -0.2) is 0 Å². The van der Waals surface area contributed by atoms with Crippen LogP contribution >= 0.6 is 0 Å². The predicted octanol–water partition coefficient (Wildman–Crippen LogP) is 1.27. The maximum absolute atomic E-state index is 11.3. The molecule has 94 valence electrons. The maximum atomic E-state index is 11.3. The standard InChI is InChI=1S/C12H24N2O2/c1-5-12(4,11(15)16)14-8-6-13(7-9-14)10(2)3/h10H,5-9H2,1-4H3,(H,15,16). The smallest absolute Gasteiger partial charge is 0.323 e. The molecule has 1 fully saturated rings. The Balaban J connectivity index is 2.62. The lowest BCUT2D eigenvalue weighted by molar-refractivity contribution is -0.152. The maximum Gasteiger partial charge on any atom is 0.323 e. The molecule has 0 aromatic rings. The van der Waals surface area contributed by atoms with Gasteiger partial charge in [0.05, 0.1) is 0 Å². The molecular formula is C12H24N2O2. The van der Waals surface area contributed by atoms with Crippen LogP contribution in [0.25, 0.3) is 0 Å². The van der Waals surface area contributed by atoms with Crippen molar-refractivity contribution in [1.29, 1.82) is 0 Å². The van der Waals surface area contributed by atoms with Crippen molar-refractivity contribution >= 4 is 5.97 Å². The molecule has 1 atom stereocenters. The molecule has 0 spiro atoms. The average molecular weight is 228 g/mol. The Bertz CT molecular complexity index is 247. The highest BCUT2D eigenvalue weighted by atomic mass is 16.4. The van der Waals surface area contributed by atoms with Gasteiger partial charge in [-0.05, 0) is 27.2 Å². The van der Waals surface area contributed by atoms with E-state index in [1.165, 1.54) is 0 Å². The van der Waals surface area contributed by atoms with Crippen molar-refractivity contribution in [3.05, 3.63) is 0 Å². The van der Waals surface area contributed by atoms with Crippen molar-refractivity contribution in [2.24, 2.45) is 0 Å². The second-order valence-corrected chi connectivity index (χ2v) is 5.05. The van der Waals surface area contributed by atoms with E-state index in [2.05, 4.69) is 23.6 Å². The number of piperazine rings is 1. The third-order valence-corrected chi connectivity index (χ3v) is 3.89. The molecule has 16 heavy (non-hydrogen) atoms. The highest BCUT2D eigenvalue weighted by Crippen LogP contribution is 2.22. The largest absolute Gasteiger partial charge is 0.480 e. The Labute approximate surface area is 98.2 Å². The van der Waals surface area contributed by atoms with Gasteiger partial charge in [0.2, 0.25) is 0 Å². The van der Waals surface area contributed by atoms with Crippen LogP contribution in [0.5, 0.6) is 0 Å². The van der Waals surface area contributed by atoms with Gasteiger partial charge < -0.3 is 5.11 Å². The lowest BCUT2D eigenvalue weighted by atomic mass is 9.95. The minimum Gasteiger partial charge on any atom is -0.480 e. The second kappa shape index (κ2) is 5.15. The van der Waals surface area contributed by atoms with Crippen LogP contribution in [0.15, 0.2) is 0 Å². The van der Waals surface area contributed by atoms with Crippen LogP contribution in [0.4, 0.5) is 0 Å². The van der Waals surface area contributed by atoms with Crippen molar-refractivity contribution in [2.75, 3.05) is 26.2 Å². The number of nitrogens with zero attached hydrogens (tertiary/aromatic N) is 2. The highest BCUT2D eigenvalue weighted by Gasteiger charge is 2.39. The van der Waals surface area contributed by atoms with Gasteiger partial charge in [-0.2, -0.15) is 0 Å². The van der Waals surface area contributed by atoms with Gasteiger partial charge in [-0.15, -0.1) is 0 Å². The molecule has 0 aromatic heterocycles. The van der Waals surface area contributed by atoms with Gasteiger partial charge in [0.25, 0.3) is 0 Å². The minimum atomic E-state index is -0.701. The zero-order valence-electron chi connectivity index (χ0n) is 10.9. The van der Waals surface area contributed by atoms with Gasteiger partial charge in [-0.1, -0.05) is 6.92 Å². The molecule has 4 heteroatoms. The number of carbonyl (C=O) groups is 1. The van der Waals surface area contributed by atoms with Gasteiger partial charge in [0, 0.05) is 32.2 Å². The summed E-state index contributed by atoms with van der Waals surface area (Å²) in [6.45, 7) is 11.8. The van der Waals surface area contributed by atoms with Crippen LogP contribution in [-0.4, -0.2) is 58.6 Å². The first-order valence-corrected chi connectivity index (χ1v) is 6.14. The number of carboxylic acid groups (broad SMARTS) is 1. The number of rotatable bonds is 4. The molecule has 1 saturated heterocycles. The molecule has 4 nitrogen and oxygen atoms in total. The first kappa shape index (κ1) is 13.5. The van der Waals surface area contributed by atoms with Gasteiger partial charge >= 0.3 is 5.97 Å². The van der Waals surface area contributed by atoms with Crippen molar-refractivity contribution in [3.8, 4) is 0 Å². The molecule has 0 saturated carbocycles. The highest BCUT2D eigenvalue weighted by molar-refractivity contribution is 5.78. The van der Waals surface area contributed by atoms with E-state index in [-0.39, 0.29) is 0 Å². The quantitative estimate of drug-likeness (QED) is 0.787. The Hall–Kier alpha value is -0.610. The molecule has 1 aliphatic rings. The normalized spacial score (nSPS) is 23.3. The topological polar surface area (TPSA) is 43.8 Å². The third kappa shape index (κ3) is 2.55. The van der Waals surface area contributed by atoms with E-state index >= 15 is 0 Å². The summed E-state index contributed by atoms with van der Waals surface area (Å²) in [6, 6.07) is 0.555. The fraction of sp³-hybridized carbons (Fsp3) is 0.917. The predicted molar refractivity (Wildman–Crippen MR) is 64.6 cm³/mol. The minimum absolute atomic E-state index is 0.555.